The number of nitriles is 1. The van der Waals surface area contributed by atoms with Crippen molar-refractivity contribution >= 4 is 24.8 Å². The fraction of sp³-hybridized carbons (Fsp3) is 0.706. The van der Waals surface area contributed by atoms with Crippen LogP contribution in [0.3, 0.4) is 0 Å². The van der Waals surface area contributed by atoms with Crippen LogP contribution < -0.4 is 0 Å². The van der Waals surface area contributed by atoms with Crippen molar-refractivity contribution in [3.8, 4) is 6.07 Å². The number of likely N-dealkylation sites (N-methyl/N-ethyl adjacent to an activating group) is 1. The van der Waals surface area contributed by atoms with Crippen LogP contribution in [0.4, 0.5) is 0 Å². The van der Waals surface area contributed by atoms with Gasteiger partial charge in [0, 0.05) is 38.4 Å². The van der Waals surface area contributed by atoms with Gasteiger partial charge >= 0.3 is 0 Å². The molecule has 1 saturated carbocycles. The molecule has 4 nitrogen and oxygen atoms in total. The lowest BCUT2D eigenvalue weighted by atomic mass is 9.97. The van der Waals surface area contributed by atoms with Crippen LogP contribution in [0.2, 0.25) is 0 Å². The minimum absolute atomic E-state index is 0. The zero-order chi connectivity index (χ0) is 15.0. The molecular weight excluding hydrogens is 331 g/mol. The van der Waals surface area contributed by atoms with Crippen LogP contribution in [0.1, 0.15) is 31.0 Å². The van der Waals surface area contributed by atoms with Crippen molar-refractivity contribution in [1.82, 2.24) is 14.4 Å². The third-order valence-electron chi connectivity index (χ3n) is 5.11. The third kappa shape index (κ3) is 4.42. The number of likely N-dealkylation sites (tertiary alicyclic amines) is 1. The Hall–Kier alpha value is -0.730. The number of aromatic nitrogens is 1. The highest BCUT2D eigenvalue weighted by Gasteiger charge is 2.43. The molecule has 1 aliphatic carbocycles. The predicted molar refractivity (Wildman–Crippen MR) is 98.3 cm³/mol. The molecule has 6 heteroatoms. The highest BCUT2D eigenvalue weighted by atomic mass is 35.5. The molecule has 1 aromatic rings. The maximum absolute atomic E-state index is 9.17. The van der Waals surface area contributed by atoms with Gasteiger partial charge in [0.05, 0.1) is 0 Å². The van der Waals surface area contributed by atoms with Crippen LogP contribution in [0, 0.1) is 23.2 Å². The molecule has 130 valence electrons. The second-order valence-corrected chi connectivity index (χ2v) is 6.86. The van der Waals surface area contributed by atoms with Gasteiger partial charge in [0.2, 0.25) is 0 Å². The van der Waals surface area contributed by atoms with Crippen LogP contribution in [0.5, 0.6) is 0 Å². The molecule has 0 aromatic carbocycles. The molecule has 0 unspecified atom stereocenters. The lowest BCUT2D eigenvalue weighted by Gasteiger charge is -2.25. The Kier molecular flexibility index (Phi) is 7.41. The normalized spacial score (nSPS) is 24.1. The van der Waals surface area contributed by atoms with Crippen molar-refractivity contribution in [1.29, 1.82) is 5.26 Å². The summed E-state index contributed by atoms with van der Waals surface area (Å²) in [6.07, 6.45) is 4.99. The third-order valence-corrected chi connectivity index (χ3v) is 5.11. The Balaban J connectivity index is 0.00000132. The lowest BCUT2D eigenvalue weighted by Crippen LogP contribution is -2.36. The Labute approximate surface area is 152 Å². The molecule has 3 rings (SSSR count). The van der Waals surface area contributed by atoms with E-state index in [0.29, 0.717) is 6.04 Å². The average molecular weight is 359 g/mol. The minimum atomic E-state index is 0. The fourth-order valence-corrected chi connectivity index (χ4v) is 3.83. The largest absolute Gasteiger partial charge is 0.339 e. The molecule has 2 heterocycles. The summed E-state index contributed by atoms with van der Waals surface area (Å²) in [6, 6.07) is 5.04. The van der Waals surface area contributed by atoms with Gasteiger partial charge in [0.1, 0.15) is 11.8 Å². The molecule has 0 radical (unpaired) electrons. The summed E-state index contributed by atoms with van der Waals surface area (Å²) in [5.74, 6) is 1.79. The molecule has 0 bridgehead atoms. The van der Waals surface area contributed by atoms with Gasteiger partial charge in [-0.15, -0.1) is 24.8 Å². The Bertz CT molecular complexity index is 535. The molecule has 2 aliphatic rings. The molecule has 0 N–H and O–H groups in total. The van der Waals surface area contributed by atoms with Gasteiger partial charge in [-0.25, -0.2) is 0 Å². The van der Waals surface area contributed by atoms with E-state index in [4.69, 9.17) is 0 Å². The van der Waals surface area contributed by atoms with Crippen molar-refractivity contribution in [3.63, 3.8) is 0 Å². The summed E-state index contributed by atoms with van der Waals surface area (Å²) in [5.41, 5.74) is 2.07. The van der Waals surface area contributed by atoms with E-state index < -0.39 is 0 Å². The fourth-order valence-electron chi connectivity index (χ4n) is 3.83. The van der Waals surface area contributed by atoms with Crippen LogP contribution in [0.25, 0.3) is 0 Å². The van der Waals surface area contributed by atoms with E-state index in [0.717, 1.165) is 37.2 Å². The van der Waals surface area contributed by atoms with Crippen molar-refractivity contribution < 1.29 is 0 Å². The quantitative estimate of drug-likeness (QED) is 0.811. The SMILES string of the molecule is CCn1cc(CN2C[C@H](C3CC3)[C@@H](N(C)C)C2)cc1C#N.Cl.Cl. The second-order valence-electron chi connectivity index (χ2n) is 6.86. The first-order chi connectivity index (χ1) is 10.1. The van der Waals surface area contributed by atoms with E-state index in [2.05, 4.69) is 49.2 Å². The van der Waals surface area contributed by atoms with E-state index in [-0.39, 0.29) is 24.8 Å². The predicted octanol–water partition coefficient (Wildman–Crippen LogP) is 3.00. The van der Waals surface area contributed by atoms with E-state index >= 15 is 0 Å². The first kappa shape index (κ1) is 20.3. The van der Waals surface area contributed by atoms with E-state index in [9.17, 15) is 5.26 Å². The van der Waals surface area contributed by atoms with Gasteiger partial charge < -0.3 is 9.47 Å². The zero-order valence-corrected chi connectivity index (χ0v) is 15.9. The summed E-state index contributed by atoms with van der Waals surface area (Å²) in [5, 5.41) is 9.17. The van der Waals surface area contributed by atoms with Crippen molar-refractivity contribution in [2.75, 3.05) is 27.2 Å². The number of hydrogen-bond donors (Lipinski definition) is 0. The summed E-state index contributed by atoms with van der Waals surface area (Å²) in [7, 11) is 4.43. The topological polar surface area (TPSA) is 35.2 Å². The maximum atomic E-state index is 9.17. The number of nitrogens with zero attached hydrogens (tertiary/aromatic N) is 4. The summed E-state index contributed by atoms with van der Waals surface area (Å²) >= 11 is 0. The maximum Gasteiger partial charge on any atom is 0.120 e. The van der Waals surface area contributed by atoms with Gasteiger partial charge in [-0.2, -0.15) is 5.26 Å². The second kappa shape index (κ2) is 8.39. The van der Waals surface area contributed by atoms with Crippen LogP contribution >= 0.6 is 24.8 Å². The number of halogens is 2. The van der Waals surface area contributed by atoms with Gasteiger partial charge in [-0.1, -0.05) is 0 Å². The van der Waals surface area contributed by atoms with E-state index in [1.54, 1.807) is 0 Å². The van der Waals surface area contributed by atoms with Crippen molar-refractivity contribution in [2.24, 2.45) is 11.8 Å². The minimum Gasteiger partial charge on any atom is -0.339 e. The summed E-state index contributed by atoms with van der Waals surface area (Å²) < 4.78 is 2.05. The van der Waals surface area contributed by atoms with Gasteiger partial charge in [-0.3, -0.25) is 4.90 Å². The van der Waals surface area contributed by atoms with E-state index in [1.165, 1.54) is 24.9 Å². The molecule has 0 amide bonds. The molecule has 1 saturated heterocycles. The average Bonchev–Trinajstić information content (AvgIpc) is 3.10. The first-order valence-corrected chi connectivity index (χ1v) is 8.10. The van der Waals surface area contributed by atoms with Gasteiger partial charge in [-0.05, 0) is 57.3 Å². The number of rotatable bonds is 5. The molecule has 2 fully saturated rings. The van der Waals surface area contributed by atoms with Gasteiger partial charge in [0.25, 0.3) is 0 Å². The highest BCUT2D eigenvalue weighted by Crippen LogP contribution is 2.42. The van der Waals surface area contributed by atoms with Crippen molar-refractivity contribution in [2.45, 2.75) is 38.9 Å². The molecule has 0 spiro atoms. The summed E-state index contributed by atoms with van der Waals surface area (Å²) in [4.78, 5) is 4.98. The Morgan fingerprint density at radius 1 is 1.26 bits per heavy atom. The standard InChI is InChI=1S/C17H26N4.2ClH/c1-4-21-10-13(7-15(21)8-18)9-20-11-16(14-5-6-14)17(12-20)19(2)3;;/h7,10,14,16-17H,4-6,9,11-12H2,1-3H3;2*1H/t16-,17+;;/m1../s1. The zero-order valence-electron chi connectivity index (χ0n) is 14.2. The monoisotopic (exact) mass is 358 g/mol. The molecule has 1 aliphatic heterocycles. The lowest BCUT2D eigenvalue weighted by molar-refractivity contribution is 0.233. The Morgan fingerprint density at radius 3 is 2.43 bits per heavy atom. The highest BCUT2D eigenvalue weighted by molar-refractivity contribution is 5.85. The van der Waals surface area contributed by atoms with Crippen LogP contribution in [-0.2, 0) is 13.1 Å². The number of aryl methyl sites for hydroxylation is 1. The van der Waals surface area contributed by atoms with Crippen molar-refractivity contribution in [3.05, 3.63) is 23.5 Å². The molecular formula is C17H28Cl2N4. The summed E-state index contributed by atoms with van der Waals surface area (Å²) in [6.45, 7) is 6.31. The Morgan fingerprint density at radius 2 is 1.96 bits per heavy atom. The molecule has 1 aromatic heterocycles. The van der Waals surface area contributed by atoms with Crippen LogP contribution in [-0.4, -0.2) is 47.6 Å². The van der Waals surface area contributed by atoms with Crippen LogP contribution in [0.15, 0.2) is 12.3 Å². The first-order valence-electron chi connectivity index (χ1n) is 8.10. The number of hydrogen-bond acceptors (Lipinski definition) is 3. The molecule has 2 atom stereocenters. The van der Waals surface area contributed by atoms with E-state index in [1.807, 2.05) is 4.57 Å². The molecule has 23 heavy (non-hydrogen) atoms. The smallest absolute Gasteiger partial charge is 0.120 e. The van der Waals surface area contributed by atoms with Gasteiger partial charge in [0.15, 0.2) is 0 Å².